The number of sulfonamides is 1. The van der Waals surface area contributed by atoms with Gasteiger partial charge in [0.25, 0.3) is 5.91 Å². The largest absolute Gasteiger partial charge is 0.335 e. The second-order valence-electron chi connectivity index (χ2n) is 8.17. The lowest BCUT2D eigenvalue weighted by atomic mass is 10.1. The van der Waals surface area contributed by atoms with Crippen molar-refractivity contribution in [2.24, 2.45) is 0 Å². The highest BCUT2D eigenvalue weighted by molar-refractivity contribution is 7.89. The van der Waals surface area contributed by atoms with Crippen LogP contribution >= 0.6 is 11.6 Å². The third kappa shape index (κ3) is 4.05. The maximum atomic E-state index is 13.4. The summed E-state index contributed by atoms with van der Waals surface area (Å²) in [6.45, 7) is 0.975. The zero-order valence-corrected chi connectivity index (χ0v) is 19.3. The van der Waals surface area contributed by atoms with Gasteiger partial charge >= 0.3 is 0 Å². The molecule has 2 heterocycles. The highest BCUT2D eigenvalue weighted by Gasteiger charge is 2.34. The summed E-state index contributed by atoms with van der Waals surface area (Å²) in [4.78, 5) is 15.2. The number of hydrogen-bond acceptors (Lipinski definition) is 4. The van der Waals surface area contributed by atoms with Gasteiger partial charge in [0, 0.05) is 42.5 Å². The zero-order valence-electron chi connectivity index (χ0n) is 17.7. The van der Waals surface area contributed by atoms with Gasteiger partial charge in [-0.05, 0) is 67.8 Å². The molecule has 0 bridgehead atoms. The van der Waals surface area contributed by atoms with Crippen molar-refractivity contribution in [3.05, 3.63) is 76.3 Å². The van der Waals surface area contributed by atoms with Crippen molar-refractivity contribution in [1.82, 2.24) is 19.0 Å². The average Bonchev–Trinajstić information content (AvgIpc) is 3.43. The van der Waals surface area contributed by atoms with Crippen molar-refractivity contribution in [3.8, 4) is 5.69 Å². The number of rotatable bonds is 4. The fourth-order valence-electron chi connectivity index (χ4n) is 4.44. The number of nitrogens with zero attached hydrogens (tertiary/aromatic N) is 4. The Balaban J connectivity index is 1.34. The minimum Gasteiger partial charge on any atom is -0.335 e. The Hall–Kier alpha value is -2.75. The Bertz CT molecular complexity index is 1300. The number of aromatic nitrogens is 2. The van der Waals surface area contributed by atoms with Gasteiger partial charge in [-0.15, -0.1) is 0 Å². The monoisotopic (exact) mass is 488 g/mol. The first-order valence-corrected chi connectivity index (χ1v) is 12.6. The molecule has 0 N–H and O–H groups in total. The fourth-order valence-corrected chi connectivity index (χ4v) is 5.99. The average molecular weight is 489 g/mol. The molecule has 1 fully saturated rings. The highest BCUT2D eigenvalue weighted by atomic mass is 35.5. The number of halogens is 2. The molecular weight excluding hydrogens is 467 g/mol. The fraction of sp³-hybridized carbons (Fsp3) is 0.304. The summed E-state index contributed by atoms with van der Waals surface area (Å²) in [6, 6.07) is 12.1. The van der Waals surface area contributed by atoms with Crippen LogP contribution in [-0.2, 0) is 22.9 Å². The predicted octanol–water partition coefficient (Wildman–Crippen LogP) is 3.30. The van der Waals surface area contributed by atoms with E-state index in [0.717, 1.165) is 30.5 Å². The van der Waals surface area contributed by atoms with E-state index in [1.807, 2.05) is 0 Å². The summed E-state index contributed by atoms with van der Waals surface area (Å²) in [5, 5.41) is 5.06. The van der Waals surface area contributed by atoms with Crippen molar-refractivity contribution in [2.45, 2.75) is 24.2 Å². The van der Waals surface area contributed by atoms with E-state index in [4.69, 9.17) is 11.6 Å². The maximum Gasteiger partial charge on any atom is 0.274 e. The van der Waals surface area contributed by atoms with E-state index in [-0.39, 0.29) is 42.8 Å². The standard InChI is InChI=1S/C23H22ClFN4O3S/c24-16-4-10-19(11-5-16)33(31,32)28-14-12-27(13-15-28)23(30)22-20-2-1-3-21(20)29(26-22)18-8-6-17(25)7-9-18/h4-11H,1-3,12-15H2. The van der Waals surface area contributed by atoms with E-state index < -0.39 is 10.0 Å². The normalized spacial score (nSPS) is 16.7. The Morgan fingerprint density at radius 1 is 0.939 bits per heavy atom. The minimum absolute atomic E-state index is 0.183. The molecule has 33 heavy (non-hydrogen) atoms. The summed E-state index contributed by atoms with van der Waals surface area (Å²) in [5.41, 5.74) is 3.03. The summed E-state index contributed by atoms with van der Waals surface area (Å²) >= 11 is 5.87. The van der Waals surface area contributed by atoms with E-state index in [1.54, 1.807) is 33.8 Å². The van der Waals surface area contributed by atoms with Gasteiger partial charge < -0.3 is 4.90 Å². The van der Waals surface area contributed by atoms with E-state index in [2.05, 4.69) is 5.10 Å². The van der Waals surface area contributed by atoms with Crippen LogP contribution in [-0.4, -0.2) is 59.5 Å². The lowest BCUT2D eigenvalue weighted by Crippen LogP contribution is -2.50. The van der Waals surface area contributed by atoms with Crippen LogP contribution in [0.3, 0.4) is 0 Å². The van der Waals surface area contributed by atoms with Crippen LogP contribution in [0.15, 0.2) is 53.4 Å². The van der Waals surface area contributed by atoms with Crippen molar-refractivity contribution in [2.75, 3.05) is 26.2 Å². The van der Waals surface area contributed by atoms with Crippen LogP contribution in [0.25, 0.3) is 5.69 Å². The van der Waals surface area contributed by atoms with Crippen molar-refractivity contribution >= 4 is 27.5 Å². The van der Waals surface area contributed by atoms with E-state index >= 15 is 0 Å². The highest BCUT2D eigenvalue weighted by Crippen LogP contribution is 2.29. The summed E-state index contributed by atoms with van der Waals surface area (Å²) in [5.74, 6) is -0.525. The molecule has 5 rings (SSSR count). The SMILES string of the molecule is O=C(c1nn(-c2ccc(F)cc2)c2c1CCC2)N1CCN(S(=O)(=O)c2ccc(Cl)cc2)CC1. The van der Waals surface area contributed by atoms with Gasteiger partial charge in [0.1, 0.15) is 5.82 Å². The van der Waals surface area contributed by atoms with Crippen molar-refractivity contribution in [3.63, 3.8) is 0 Å². The Labute approximate surface area is 196 Å². The smallest absolute Gasteiger partial charge is 0.274 e. The molecule has 1 aromatic heterocycles. The lowest BCUT2D eigenvalue weighted by molar-refractivity contribution is 0.0690. The molecule has 2 aliphatic rings. The Kier molecular flexibility index (Phi) is 5.72. The van der Waals surface area contributed by atoms with Crippen molar-refractivity contribution < 1.29 is 17.6 Å². The molecule has 0 spiro atoms. The molecule has 1 aliphatic carbocycles. The second-order valence-corrected chi connectivity index (χ2v) is 10.5. The third-order valence-corrected chi connectivity index (χ3v) is 8.35. The van der Waals surface area contributed by atoms with Crippen LogP contribution in [0.5, 0.6) is 0 Å². The van der Waals surface area contributed by atoms with Gasteiger partial charge in [-0.1, -0.05) is 11.6 Å². The summed E-state index contributed by atoms with van der Waals surface area (Å²) < 4.78 is 42.3. The third-order valence-electron chi connectivity index (χ3n) is 6.18. The number of amides is 1. The van der Waals surface area contributed by atoms with E-state index in [1.165, 1.54) is 28.6 Å². The van der Waals surface area contributed by atoms with Gasteiger partial charge in [0.2, 0.25) is 10.0 Å². The quantitative estimate of drug-likeness (QED) is 0.564. The van der Waals surface area contributed by atoms with Gasteiger partial charge in [-0.2, -0.15) is 9.40 Å². The molecule has 172 valence electrons. The Morgan fingerprint density at radius 2 is 1.61 bits per heavy atom. The molecule has 1 saturated heterocycles. The summed E-state index contributed by atoms with van der Waals surface area (Å²) in [6.07, 6.45) is 2.50. The van der Waals surface area contributed by atoms with Crippen LogP contribution in [0.1, 0.15) is 28.2 Å². The molecule has 1 aliphatic heterocycles. The molecule has 0 atom stereocenters. The molecule has 10 heteroatoms. The number of carbonyl (C=O) groups is 1. The number of fused-ring (bicyclic) bond motifs is 1. The second kappa shape index (κ2) is 8.55. The number of piperazine rings is 1. The lowest BCUT2D eigenvalue weighted by Gasteiger charge is -2.33. The molecular formula is C23H22ClFN4O3S. The number of carbonyl (C=O) groups excluding carboxylic acids is 1. The molecule has 2 aromatic carbocycles. The number of hydrogen-bond donors (Lipinski definition) is 0. The minimum atomic E-state index is -3.65. The van der Waals surface area contributed by atoms with Crippen molar-refractivity contribution in [1.29, 1.82) is 0 Å². The van der Waals surface area contributed by atoms with Gasteiger partial charge in [0.05, 0.1) is 10.6 Å². The Morgan fingerprint density at radius 3 is 2.27 bits per heavy atom. The zero-order chi connectivity index (χ0) is 23.2. The predicted molar refractivity (Wildman–Crippen MR) is 122 cm³/mol. The first-order chi connectivity index (χ1) is 15.8. The molecule has 0 radical (unpaired) electrons. The van der Waals surface area contributed by atoms with Gasteiger partial charge in [-0.25, -0.2) is 17.5 Å². The molecule has 3 aromatic rings. The van der Waals surface area contributed by atoms with Crippen LogP contribution in [0.2, 0.25) is 5.02 Å². The molecule has 0 saturated carbocycles. The first kappa shape index (κ1) is 22.1. The van der Waals surface area contributed by atoms with E-state index in [9.17, 15) is 17.6 Å². The van der Waals surface area contributed by atoms with Crippen LogP contribution in [0, 0.1) is 5.82 Å². The molecule has 1 amide bonds. The van der Waals surface area contributed by atoms with Crippen LogP contribution < -0.4 is 0 Å². The van der Waals surface area contributed by atoms with Crippen LogP contribution in [0.4, 0.5) is 4.39 Å². The summed E-state index contributed by atoms with van der Waals surface area (Å²) in [7, 11) is -3.65. The van der Waals surface area contributed by atoms with Gasteiger partial charge in [0.15, 0.2) is 5.69 Å². The maximum absolute atomic E-state index is 13.4. The van der Waals surface area contributed by atoms with E-state index in [0.29, 0.717) is 16.4 Å². The number of benzene rings is 2. The van der Waals surface area contributed by atoms with Gasteiger partial charge in [-0.3, -0.25) is 4.79 Å². The molecule has 7 nitrogen and oxygen atoms in total. The topological polar surface area (TPSA) is 75.5 Å². The molecule has 0 unspecified atom stereocenters. The first-order valence-electron chi connectivity index (χ1n) is 10.8.